The van der Waals surface area contributed by atoms with Gasteiger partial charge in [-0.1, -0.05) is 12.5 Å². The lowest BCUT2D eigenvalue weighted by Gasteiger charge is -2.46. The molecule has 0 aromatic rings. The second-order valence-electron chi connectivity index (χ2n) is 7.41. The third-order valence-corrected chi connectivity index (χ3v) is 6.52. The first kappa shape index (κ1) is 13.4. The van der Waals surface area contributed by atoms with E-state index in [-0.39, 0.29) is 11.2 Å². The topological polar surface area (TPSA) is 54.4 Å². The summed E-state index contributed by atoms with van der Waals surface area (Å²) < 4.78 is 0. The molecule has 2 fully saturated rings. The highest BCUT2D eigenvalue weighted by Gasteiger charge is 2.53. The lowest BCUT2D eigenvalue weighted by molar-refractivity contribution is -0.128. The van der Waals surface area contributed by atoms with E-state index in [0.717, 1.165) is 38.5 Å². The molecule has 0 aromatic heterocycles. The normalized spacial score (nSPS) is 42.4. The van der Waals surface area contributed by atoms with E-state index in [1.54, 1.807) is 6.08 Å². The van der Waals surface area contributed by atoms with Crippen molar-refractivity contribution < 1.29 is 14.7 Å². The van der Waals surface area contributed by atoms with Gasteiger partial charge in [0.1, 0.15) is 11.9 Å². The summed E-state index contributed by atoms with van der Waals surface area (Å²) in [6.45, 7) is 2.16. The summed E-state index contributed by atoms with van der Waals surface area (Å²) >= 11 is 0. The first-order valence-corrected chi connectivity index (χ1v) is 8.18. The zero-order chi connectivity index (χ0) is 14.8. The minimum atomic E-state index is -0.900. The molecule has 1 N–H and O–H groups in total. The predicted octanol–water partition coefficient (Wildman–Crippen LogP) is 2.73. The van der Waals surface area contributed by atoms with Crippen molar-refractivity contribution in [3.63, 3.8) is 0 Å². The maximum Gasteiger partial charge on any atom is 0.169 e. The highest BCUT2D eigenvalue weighted by molar-refractivity contribution is 5.90. The molecule has 0 heterocycles. The molecule has 0 aliphatic heterocycles. The predicted molar refractivity (Wildman–Crippen MR) is 78.5 cm³/mol. The third kappa shape index (κ3) is 1.76. The van der Waals surface area contributed by atoms with Crippen LogP contribution in [0.1, 0.15) is 51.9 Å². The molecule has 21 heavy (non-hydrogen) atoms. The smallest absolute Gasteiger partial charge is 0.169 e. The zero-order valence-electron chi connectivity index (χ0n) is 12.5. The fourth-order valence-electron chi connectivity index (χ4n) is 5.28. The molecule has 0 amide bonds. The van der Waals surface area contributed by atoms with Crippen LogP contribution in [0.5, 0.6) is 0 Å². The van der Waals surface area contributed by atoms with Crippen LogP contribution in [0, 0.1) is 17.3 Å². The number of ketones is 2. The number of allylic oxidation sites excluding steroid dienone is 3. The monoisotopic (exact) mass is 286 g/mol. The summed E-state index contributed by atoms with van der Waals surface area (Å²) in [7, 11) is 0. The minimum absolute atomic E-state index is 0.0715. The highest BCUT2D eigenvalue weighted by atomic mass is 16.3. The van der Waals surface area contributed by atoms with Crippen LogP contribution in [-0.4, -0.2) is 22.8 Å². The van der Waals surface area contributed by atoms with E-state index in [2.05, 4.69) is 6.92 Å². The maximum atomic E-state index is 12.3. The summed E-state index contributed by atoms with van der Waals surface area (Å²) in [5, 5.41) is 9.75. The number of carbonyl (C=O) groups excluding carboxylic acids is 2. The van der Waals surface area contributed by atoms with E-state index in [9.17, 15) is 14.7 Å². The fourth-order valence-corrected chi connectivity index (χ4v) is 5.28. The van der Waals surface area contributed by atoms with Crippen molar-refractivity contribution in [3.8, 4) is 0 Å². The van der Waals surface area contributed by atoms with E-state index in [1.807, 2.05) is 0 Å². The Kier molecular flexibility index (Phi) is 2.81. The lowest BCUT2D eigenvalue weighted by Crippen LogP contribution is -2.40. The Morgan fingerprint density at radius 3 is 2.81 bits per heavy atom. The number of rotatable bonds is 0. The summed E-state index contributed by atoms with van der Waals surface area (Å²) in [5.41, 5.74) is 3.72. The SMILES string of the molecule is C[C@]12CCC3=C4CC(=O)C(O)C=C4CC[C@H]3[C@@H]1CCC2=O. The van der Waals surface area contributed by atoms with E-state index >= 15 is 0 Å². The Hall–Kier alpha value is -1.22. The van der Waals surface area contributed by atoms with Crippen LogP contribution in [0.2, 0.25) is 0 Å². The Morgan fingerprint density at radius 1 is 1.19 bits per heavy atom. The van der Waals surface area contributed by atoms with Crippen molar-refractivity contribution in [2.45, 2.75) is 58.0 Å². The Bertz CT molecular complexity index is 598. The Balaban J connectivity index is 1.76. The third-order valence-electron chi connectivity index (χ3n) is 6.52. The number of hydrogen-bond acceptors (Lipinski definition) is 3. The van der Waals surface area contributed by atoms with E-state index in [0.29, 0.717) is 24.0 Å². The molecule has 0 bridgehead atoms. The molecule has 112 valence electrons. The molecule has 4 aliphatic carbocycles. The van der Waals surface area contributed by atoms with Gasteiger partial charge in [0.05, 0.1) is 0 Å². The van der Waals surface area contributed by atoms with Crippen molar-refractivity contribution in [2.24, 2.45) is 17.3 Å². The van der Waals surface area contributed by atoms with Crippen LogP contribution in [0.3, 0.4) is 0 Å². The van der Waals surface area contributed by atoms with E-state index in [1.165, 1.54) is 16.7 Å². The first-order chi connectivity index (χ1) is 10.0. The largest absolute Gasteiger partial charge is 0.381 e. The van der Waals surface area contributed by atoms with Gasteiger partial charge in [-0.05, 0) is 61.2 Å². The Labute approximate surface area is 125 Å². The van der Waals surface area contributed by atoms with Crippen LogP contribution < -0.4 is 0 Å². The van der Waals surface area contributed by atoms with Gasteiger partial charge in [0.2, 0.25) is 0 Å². The lowest BCUT2D eigenvalue weighted by atomic mass is 9.57. The molecule has 0 spiro atoms. The number of aliphatic hydroxyl groups excluding tert-OH is 1. The fraction of sp³-hybridized carbons (Fsp3) is 0.667. The van der Waals surface area contributed by atoms with Crippen molar-refractivity contribution in [1.82, 2.24) is 0 Å². The summed E-state index contributed by atoms with van der Waals surface area (Å²) in [6, 6.07) is 0. The number of Topliss-reactive ketones (excluding diaryl/α,β-unsaturated/α-hetero) is 2. The molecule has 4 rings (SSSR count). The van der Waals surface area contributed by atoms with Crippen molar-refractivity contribution in [1.29, 1.82) is 0 Å². The van der Waals surface area contributed by atoms with Gasteiger partial charge in [0.15, 0.2) is 5.78 Å². The van der Waals surface area contributed by atoms with E-state index < -0.39 is 6.10 Å². The molecular formula is C18H22O3. The highest BCUT2D eigenvalue weighted by Crippen LogP contribution is 2.58. The van der Waals surface area contributed by atoms with Crippen LogP contribution >= 0.6 is 0 Å². The van der Waals surface area contributed by atoms with Crippen molar-refractivity contribution in [3.05, 3.63) is 22.8 Å². The standard InChI is InChI=1S/C18H22O3/c1-18-7-6-11-12(14(18)4-5-17(18)21)3-2-10-8-15(19)16(20)9-13(10)11/h8,12,14-15,19H,2-7,9H2,1H3/t12-,14+,15?,18+/m1/s1. The zero-order valence-corrected chi connectivity index (χ0v) is 12.5. The minimum Gasteiger partial charge on any atom is -0.381 e. The quantitative estimate of drug-likeness (QED) is 0.745. The van der Waals surface area contributed by atoms with Crippen molar-refractivity contribution in [2.75, 3.05) is 0 Å². The van der Waals surface area contributed by atoms with Crippen LogP contribution in [0.4, 0.5) is 0 Å². The van der Waals surface area contributed by atoms with Crippen LogP contribution in [0.25, 0.3) is 0 Å². The summed E-state index contributed by atoms with van der Waals surface area (Å²) in [6.07, 6.45) is 6.95. The second-order valence-corrected chi connectivity index (χ2v) is 7.41. The molecule has 0 radical (unpaired) electrons. The first-order valence-electron chi connectivity index (χ1n) is 8.18. The number of fused-ring (bicyclic) bond motifs is 4. The molecule has 0 saturated heterocycles. The number of aliphatic hydroxyl groups is 1. The van der Waals surface area contributed by atoms with Gasteiger partial charge in [-0.25, -0.2) is 0 Å². The number of carbonyl (C=O) groups is 2. The van der Waals surface area contributed by atoms with Gasteiger partial charge < -0.3 is 5.11 Å². The average Bonchev–Trinajstić information content (AvgIpc) is 2.76. The summed E-state index contributed by atoms with van der Waals surface area (Å²) in [4.78, 5) is 24.2. The Morgan fingerprint density at radius 2 is 2.00 bits per heavy atom. The van der Waals surface area contributed by atoms with Gasteiger partial charge in [0.25, 0.3) is 0 Å². The number of hydrogen-bond donors (Lipinski definition) is 1. The molecule has 1 unspecified atom stereocenters. The maximum absolute atomic E-state index is 12.3. The molecule has 4 aliphatic rings. The molecule has 3 nitrogen and oxygen atoms in total. The van der Waals surface area contributed by atoms with Crippen molar-refractivity contribution >= 4 is 11.6 Å². The van der Waals surface area contributed by atoms with Gasteiger partial charge in [-0.2, -0.15) is 0 Å². The molecule has 2 saturated carbocycles. The molecule has 4 atom stereocenters. The van der Waals surface area contributed by atoms with Gasteiger partial charge >= 0.3 is 0 Å². The summed E-state index contributed by atoms with van der Waals surface area (Å²) in [5.74, 6) is 1.35. The van der Waals surface area contributed by atoms with E-state index in [4.69, 9.17) is 0 Å². The van der Waals surface area contributed by atoms with Gasteiger partial charge in [-0.15, -0.1) is 0 Å². The van der Waals surface area contributed by atoms with Gasteiger partial charge in [-0.3, -0.25) is 9.59 Å². The molecular weight excluding hydrogens is 264 g/mol. The van der Waals surface area contributed by atoms with Gasteiger partial charge in [0, 0.05) is 18.3 Å². The van der Waals surface area contributed by atoms with Crippen LogP contribution in [0.15, 0.2) is 22.8 Å². The second kappa shape index (κ2) is 4.39. The molecule has 3 heteroatoms. The van der Waals surface area contributed by atoms with Crippen LogP contribution in [-0.2, 0) is 9.59 Å². The average molecular weight is 286 g/mol. The molecule has 0 aromatic carbocycles.